The summed E-state index contributed by atoms with van der Waals surface area (Å²) in [5.74, 6) is 0.240. The van der Waals surface area contributed by atoms with Crippen molar-refractivity contribution in [3.05, 3.63) is 82.2 Å². The molecule has 10 nitrogen and oxygen atoms in total. The molecule has 0 amide bonds. The maximum absolute atomic E-state index is 12.1. The van der Waals surface area contributed by atoms with Gasteiger partial charge in [-0.15, -0.1) is 0 Å². The molecular formula is C26H30N6O4. The average molecular weight is 491 g/mol. The van der Waals surface area contributed by atoms with Crippen LogP contribution in [0.5, 0.6) is 0 Å². The molecule has 1 N–H and O–H groups in total. The predicted molar refractivity (Wildman–Crippen MR) is 137 cm³/mol. The van der Waals surface area contributed by atoms with E-state index < -0.39 is 10.9 Å². The van der Waals surface area contributed by atoms with E-state index in [4.69, 9.17) is 4.74 Å². The summed E-state index contributed by atoms with van der Waals surface area (Å²) in [6.07, 6.45) is 1.33. The summed E-state index contributed by atoms with van der Waals surface area (Å²) >= 11 is 0. The Kier molecular flexibility index (Phi) is 8.06. The van der Waals surface area contributed by atoms with Crippen molar-refractivity contribution >= 4 is 29.0 Å². The molecule has 0 saturated carbocycles. The van der Waals surface area contributed by atoms with Crippen LogP contribution in [0, 0.1) is 16.0 Å². The van der Waals surface area contributed by atoms with E-state index >= 15 is 0 Å². The number of piperazine rings is 1. The molecule has 2 aromatic carbocycles. The standard InChI is InChI=1S/C26H30N6O4/c1-19(2)17-36-26(33)21-8-10-22(11-9-21)29-24-23(32(34)35)25(28-18-27-24)31-14-12-30(13-15-31)16-20-6-4-3-5-7-20/h3-11,18-19H,12-17H2,1-2H3,(H,27,28,29). The van der Waals surface area contributed by atoms with Gasteiger partial charge in [-0.3, -0.25) is 15.0 Å². The highest BCUT2D eigenvalue weighted by Crippen LogP contribution is 2.34. The average Bonchev–Trinajstić information content (AvgIpc) is 2.88. The van der Waals surface area contributed by atoms with Crippen LogP contribution in [0.4, 0.5) is 23.0 Å². The Morgan fingerprint density at radius 2 is 1.75 bits per heavy atom. The third-order valence-electron chi connectivity index (χ3n) is 5.84. The molecule has 1 aromatic heterocycles. The van der Waals surface area contributed by atoms with Crippen LogP contribution >= 0.6 is 0 Å². The lowest BCUT2D eigenvalue weighted by Gasteiger charge is -2.35. The number of rotatable bonds is 9. The molecule has 0 atom stereocenters. The number of esters is 1. The Balaban J connectivity index is 1.44. The van der Waals surface area contributed by atoms with Gasteiger partial charge in [-0.25, -0.2) is 14.8 Å². The molecule has 0 radical (unpaired) electrons. The minimum atomic E-state index is -0.453. The fraction of sp³-hybridized carbons (Fsp3) is 0.346. The maximum atomic E-state index is 12.1. The molecule has 0 spiro atoms. The number of nitro groups is 1. The van der Waals surface area contributed by atoms with Gasteiger partial charge in [-0.05, 0) is 35.7 Å². The molecule has 1 saturated heterocycles. The van der Waals surface area contributed by atoms with Gasteiger partial charge in [0.05, 0.1) is 17.1 Å². The molecule has 188 valence electrons. The Labute approximate surface area is 210 Å². The minimum absolute atomic E-state index is 0.104. The van der Waals surface area contributed by atoms with E-state index in [1.165, 1.54) is 11.9 Å². The van der Waals surface area contributed by atoms with E-state index in [1.807, 2.05) is 36.9 Å². The van der Waals surface area contributed by atoms with Crippen molar-refractivity contribution in [2.75, 3.05) is 43.0 Å². The monoisotopic (exact) mass is 490 g/mol. The fourth-order valence-electron chi connectivity index (χ4n) is 3.97. The molecule has 36 heavy (non-hydrogen) atoms. The zero-order valence-electron chi connectivity index (χ0n) is 20.5. The second-order valence-electron chi connectivity index (χ2n) is 9.10. The Hall–Kier alpha value is -4.05. The van der Waals surface area contributed by atoms with Crippen LogP contribution in [0.1, 0.15) is 29.8 Å². The molecule has 3 aromatic rings. The van der Waals surface area contributed by atoms with Crippen LogP contribution in [0.25, 0.3) is 0 Å². The first-order chi connectivity index (χ1) is 17.4. The van der Waals surface area contributed by atoms with E-state index in [9.17, 15) is 14.9 Å². The van der Waals surface area contributed by atoms with Crippen molar-refractivity contribution in [3.63, 3.8) is 0 Å². The first-order valence-electron chi connectivity index (χ1n) is 12.0. The molecule has 0 aliphatic carbocycles. The van der Waals surface area contributed by atoms with E-state index in [0.717, 1.165) is 19.6 Å². The number of aromatic nitrogens is 2. The molecule has 1 aliphatic heterocycles. The maximum Gasteiger partial charge on any atom is 0.353 e. The number of anilines is 3. The van der Waals surface area contributed by atoms with Crippen molar-refractivity contribution in [1.82, 2.24) is 14.9 Å². The van der Waals surface area contributed by atoms with Crippen LogP contribution in [0.2, 0.25) is 0 Å². The second kappa shape index (κ2) is 11.6. The van der Waals surface area contributed by atoms with Gasteiger partial charge < -0.3 is 15.0 Å². The topological polar surface area (TPSA) is 114 Å². The Morgan fingerprint density at radius 3 is 2.39 bits per heavy atom. The highest BCUT2D eigenvalue weighted by molar-refractivity contribution is 5.90. The third-order valence-corrected chi connectivity index (χ3v) is 5.84. The lowest BCUT2D eigenvalue weighted by molar-refractivity contribution is -0.383. The number of carbonyl (C=O) groups excluding carboxylic acids is 1. The van der Waals surface area contributed by atoms with Crippen LogP contribution in [-0.2, 0) is 11.3 Å². The van der Waals surface area contributed by atoms with Gasteiger partial charge in [0.25, 0.3) is 0 Å². The van der Waals surface area contributed by atoms with Gasteiger partial charge >= 0.3 is 11.7 Å². The molecule has 0 unspecified atom stereocenters. The van der Waals surface area contributed by atoms with Crippen molar-refractivity contribution in [2.24, 2.45) is 5.92 Å². The fourth-order valence-corrected chi connectivity index (χ4v) is 3.97. The van der Waals surface area contributed by atoms with E-state index in [0.29, 0.717) is 36.8 Å². The molecule has 1 fully saturated rings. The van der Waals surface area contributed by atoms with Crippen LogP contribution in [-0.4, -0.2) is 58.5 Å². The van der Waals surface area contributed by atoms with Crippen LogP contribution < -0.4 is 10.2 Å². The lowest BCUT2D eigenvalue weighted by Crippen LogP contribution is -2.46. The third kappa shape index (κ3) is 6.33. The molecule has 4 rings (SSSR count). The second-order valence-corrected chi connectivity index (χ2v) is 9.10. The van der Waals surface area contributed by atoms with Crippen molar-refractivity contribution < 1.29 is 14.5 Å². The van der Waals surface area contributed by atoms with Gasteiger partial charge in [0.2, 0.25) is 11.6 Å². The zero-order chi connectivity index (χ0) is 25.5. The SMILES string of the molecule is CC(C)COC(=O)c1ccc(Nc2ncnc(N3CCN(Cc4ccccc4)CC3)c2[N+](=O)[O-])cc1. The molecule has 1 aliphatic rings. The summed E-state index contributed by atoms with van der Waals surface area (Å²) in [7, 11) is 0. The Bertz CT molecular complexity index is 1180. The van der Waals surface area contributed by atoms with E-state index in [1.54, 1.807) is 24.3 Å². The van der Waals surface area contributed by atoms with Gasteiger partial charge in [0.15, 0.2) is 0 Å². The number of carbonyl (C=O) groups is 1. The van der Waals surface area contributed by atoms with Gasteiger partial charge in [0, 0.05) is 38.4 Å². The van der Waals surface area contributed by atoms with Crippen molar-refractivity contribution in [1.29, 1.82) is 0 Å². The first kappa shape index (κ1) is 25.1. The van der Waals surface area contributed by atoms with Gasteiger partial charge in [-0.1, -0.05) is 44.2 Å². The van der Waals surface area contributed by atoms with Gasteiger partial charge in [-0.2, -0.15) is 0 Å². The molecule has 10 heteroatoms. The Morgan fingerprint density at radius 1 is 1.06 bits per heavy atom. The molecule has 0 bridgehead atoms. The highest BCUT2D eigenvalue weighted by Gasteiger charge is 2.29. The molecular weight excluding hydrogens is 460 g/mol. The van der Waals surface area contributed by atoms with Crippen molar-refractivity contribution in [3.8, 4) is 0 Å². The quantitative estimate of drug-likeness (QED) is 0.267. The van der Waals surface area contributed by atoms with Crippen molar-refractivity contribution in [2.45, 2.75) is 20.4 Å². The summed E-state index contributed by atoms with van der Waals surface area (Å²) in [5, 5.41) is 15.0. The summed E-state index contributed by atoms with van der Waals surface area (Å²) in [4.78, 5) is 36.4. The summed E-state index contributed by atoms with van der Waals surface area (Å²) in [6, 6.07) is 16.8. The lowest BCUT2D eigenvalue weighted by atomic mass is 10.2. The zero-order valence-corrected chi connectivity index (χ0v) is 20.5. The summed E-state index contributed by atoms with van der Waals surface area (Å²) in [6.45, 7) is 7.90. The highest BCUT2D eigenvalue weighted by atomic mass is 16.6. The number of benzene rings is 2. The minimum Gasteiger partial charge on any atom is -0.462 e. The van der Waals surface area contributed by atoms with E-state index in [2.05, 4.69) is 32.3 Å². The largest absolute Gasteiger partial charge is 0.462 e. The molecule has 2 heterocycles. The number of hydrogen-bond donors (Lipinski definition) is 1. The van der Waals surface area contributed by atoms with E-state index in [-0.39, 0.29) is 17.4 Å². The number of ether oxygens (including phenoxy) is 1. The normalized spacial score (nSPS) is 14.0. The number of hydrogen-bond acceptors (Lipinski definition) is 9. The predicted octanol–water partition coefficient (Wildman–Crippen LogP) is 4.26. The number of nitrogens with zero attached hydrogens (tertiary/aromatic N) is 5. The number of nitrogens with one attached hydrogen (secondary N) is 1. The van der Waals surface area contributed by atoms with Crippen LogP contribution in [0.15, 0.2) is 60.9 Å². The first-order valence-corrected chi connectivity index (χ1v) is 12.0. The summed E-state index contributed by atoms with van der Waals surface area (Å²) < 4.78 is 5.24. The summed E-state index contributed by atoms with van der Waals surface area (Å²) in [5.41, 5.74) is 2.04. The van der Waals surface area contributed by atoms with Crippen LogP contribution in [0.3, 0.4) is 0 Å². The van der Waals surface area contributed by atoms with Gasteiger partial charge in [0.1, 0.15) is 6.33 Å². The smallest absolute Gasteiger partial charge is 0.353 e.